The Morgan fingerprint density at radius 1 is 1.50 bits per heavy atom. The molecule has 90 valence electrons. The molecule has 4 nitrogen and oxygen atoms in total. The van der Waals surface area contributed by atoms with Gasteiger partial charge in [0.1, 0.15) is 6.10 Å². The van der Waals surface area contributed by atoms with Crippen molar-refractivity contribution in [3.63, 3.8) is 0 Å². The highest BCUT2D eigenvalue weighted by Crippen LogP contribution is 2.39. The molecule has 1 atom stereocenters. The smallest absolute Gasteiger partial charge is 0.126 e. The minimum absolute atomic E-state index is 0.569. The number of aromatic nitrogens is 2. The summed E-state index contributed by atoms with van der Waals surface area (Å²) in [5, 5.41) is 24.8. The maximum absolute atomic E-state index is 10.4. The minimum Gasteiger partial charge on any atom is -0.387 e. The van der Waals surface area contributed by atoms with Crippen LogP contribution in [-0.4, -0.2) is 25.6 Å². The molecule has 2 N–H and O–H groups in total. The summed E-state index contributed by atoms with van der Waals surface area (Å²) in [4.78, 5) is 0. The predicted molar refractivity (Wildman–Crippen MR) is 60.7 cm³/mol. The fourth-order valence-electron chi connectivity index (χ4n) is 2.39. The summed E-state index contributed by atoms with van der Waals surface area (Å²) in [5.74, 6) is 0.649. The van der Waals surface area contributed by atoms with Crippen LogP contribution in [0.15, 0.2) is 12.3 Å². The average Bonchev–Trinajstić information content (AvgIpc) is 2.68. The normalized spacial score (nSPS) is 32.6. The van der Waals surface area contributed by atoms with Crippen LogP contribution in [0.4, 0.5) is 0 Å². The van der Waals surface area contributed by atoms with Crippen LogP contribution < -0.4 is 0 Å². The van der Waals surface area contributed by atoms with E-state index in [1.807, 2.05) is 7.05 Å². The first-order valence-electron chi connectivity index (χ1n) is 5.91. The molecule has 1 aliphatic rings. The molecule has 0 aromatic carbocycles. The van der Waals surface area contributed by atoms with Crippen molar-refractivity contribution in [1.29, 1.82) is 0 Å². The Labute approximate surface area is 95.9 Å². The van der Waals surface area contributed by atoms with Crippen molar-refractivity contribution in [2.75, 3.05) is 0 Å². The Morgan fingerprint density at radius 3 is 2.62 bits per heavy atom. The lowest BCUT2D eigenvalue weighted by molar-refractivity contribution is -0.107. The van der Waals surface area contributed by atoms with Gasteiger partial charge in [-0.2, -0.15) is 5.10 Å². The van der Waals surface area contributed by atoms with Gasteiger partial charge in [0.2, 0.25) is 0 Å². The molecule has 1 unspecified atom stereocenters. The first kappa shape index (κ1) is 11.6. The average molecular weight is 224 g/mol. The summed E-state index contributed by atoms with van der Waals surface area (Å²) in [6.07, 6.45) is 4.19. The topological polar surface area (TPSA) is 58.3 Å². The summed E-state index contributed by atoms with van der Waals surface area (Å²) >= 11 is 0. The van der Waals surface area contributed by atoms with Crippen molar-refractivity contribution < 1.29 is 10.2 Å². The summed E-state index contributed by atoms with van der Waals surface area (Å²) in [5.41, 5.74) is -0.416. The molecule has 0 spiro atoms. The number of hydrogen-bond donors (Lipinski definition) is 2. The predicted octanol–water partition coefficient (Wildman–Crippen LogP) is 1.39. The van der Waals surface area contributed by atoms with E-state index in [9.17, 15) is 10.2 Å². The van der Waals surface area contributed by atoms with Gasteiger partial charge >= 0.3 is 0 Å². The summed E-state index contributed by atoms with van der Waals surface area (Å²) in [6.45, 7) is 2.19. The fraction of sp³-hybridized carbons (Fsp3) is 0.750. The third kappa shape index (κ3) is 2.13. The Kier molecular flexibility index (Phi) is 3.04. The van der Waals surface area contributed by atoms with Gasteiger partial charge in [0.25, 0.3) is 0 Å². The van der Waals surface area contributed by atoms with Gasteiger partial charge in [-0.3, -0.25) is 4.68 Å². The molecule has 0 aliphatic heterocycles. The second-order valence-corrected chi connectivity index (χ2v) is 5.10. The van der Waals surface area contributed by atoms with Crippen LogP contribution in [0.25, 0.3) is 0 Å². The van der Waals surface area contributed by atoms with Crippen LogP contribution in [0.2, 0.25) is 0 Å². The van der Waals surface area contributed by atoms with Crippen LogP contribution in [0.3, 0.4) is 0 Å². The second kappa shape index (κ2) is 4.18. The number of aliphatic hydroxyl groups excluding tert-OH is 1. The monoisotopic (exact) mass is 224 g/mol. The van der Waals surface area contributed by atoms with Crippen molar-refractivity contribution in [2.45, 2.75) is 44.3 Å². The van der Waals surface area contributed by atoms with Crippen LogP contribution in [0, 0.1) is 5.92 Å². The van der Waals surface area contributed by atoms with E-state index in [-0.39, 0.29) is 0 Å². The fourth-order valence-corrected chi connectivity index (χ4v) is 2.39. The molecule has 16 heavy (non-hydrogen) atoms. The van der Waals surface area contributed by atoms with Crippen molar-refractivity contribution in [3.8, 4) is 0 Å². The van der Waals surface area contributed by atoms with Crippen molar-refractivity contribution in [2.24, 2.45) is 13.0 Å². The van der Waals surface area contributed by atoms with Gasteiger partial charge in [0.15, 0.2) is 0 Å². The third-order valence-electron chi connectivity index (χ3n) is 3.66. The Hall–Kier alpha value is -0.870. The molecule has 0 bridgehead atoms. The first-order valence-corrected chi connectivity index (χ1v) is 5.91. The molecule has 1 fully saturated rings. The maximum Gasteiger partial charge on any atom is 0.126 e. The van der Waals surface area contributed by atoms with Gasteiger partial charge in [-0.1, -0.05) is 6.92 Å². The lowest BCUT2D eigenvalue weighted by Gasteiger charge is -2.37. The highest BCUT2D eigenvalue weighted by atomic mass is 16.3. The molecule has 1 aliphatic carbocycles. The molecule has 0 radical (unpaired) electrons. The van der Waals surface area contributed by atoms with Gasteiger partial charge in [-0.25, -0.2) is 0 Å². The van der Waals surface area contributed by atoms with Crippen LogP contribution in [0.1, 0.15) is 44.4 Å². The lowest BCUT2D eigenvalue weighted by Crippen LogP contribution is -2.40. The van der Waals surface area contributed by atoms with Gasteiger partial charge in [0.05, 0.1) is 11.3 Å². The van der Waals surface area contributed by atoms with E-state index in [4.69, 9.17) is 0 Å². The third-order valence-corrected chi connectivity index (χ3v) is 3.66. The zero-order chi connectivity index (χ0) is 11.8. The molecule has 4 heteroatoms. The number of hydrogen-bond acceptors (Lipinski definition) is 3. The molecule has 1 heterocycles. The standard InChI is InChI=1S/C12H20N2O2/c1-9-3-6-12(16,7-4-9)11(15)10-5-8-14(2)13-10/h5,8-9,11,15-16H,3-4,6-7H2,1-2H3. The molecule has 0 saturated heterocycles. The molecular weight excluding hydrogens is 204 g/mol. The van der Waals surface area contributed by atoms with Crippen molar-refractivity contribution in [3.05, 3.63) is 18.0 Å². The van der Waals surface area contributed by atoms with E-state index in [1.54, 1.807) is 16.9 Å². The number of aryl methyl sites for hydroxylation is 1. The summed E-state index contributed by atoms with van der Waals surface area (Å²) in [6, 6.07) is 1.76. The van der Waals surface area contributed by atoms with E-state index in [1.165, 1.54) is 0 Å². The molecule has 0 amide bonds. The number of aliphatic hydroxyl groups is 2. The van der Waals surface area contributed by atoms with E-state index in [2.05, 4.69) is 12.0 Å². The van der Waals surface area contributed by atoms with Crippen molar-refractivity contribution in [1.82, 2.24) is 9.78 Å². The zero-order valence-electron chi connectivity index (χ0n) is 9.93. The second-order valence-electron chi connectivity index (χ2n) is 5.10. The molecular formula is C12H20N2O2. The van der Waals surface area contributed by atoms with E-state index in [0.717, 1.165) is 12.8 Å². The first-order chi connectivity index (χ1) is 7.51. The van der Waals surface area contributed by atoms with Crippen LogP contribution >= 0.6 is 0 Å². The SMILES string of the molecule is CC1CCC(O)(C(O)c2ccn(C)n2)CC1. The van der Waals surface area contributed by atoms with Gasteiger partial charge in [-0.15, -0.1) is 0 Å². The van der Waals surface area contributed by atoms with Gasteiger partial charge in [0, 0.05) is 13.2 Å². The van der Waals surface area contributed by atoms with E-state index < -0.39 is 11.7 Å². The largest absolute Gasteiger partial charge is 0.387 e. The van der Waals surface area contributed by atoms with E-state index >= 15 is 0 Å². The molecule has 1 saturated carbocycles. The van der Waals surface area contributed by atoms with Gasteiger partial charge in [-0.05, 0) is 37.7 Å². The zero-order valence-corrected chi connectivity index (χ0v) is 9.93. The Morgan fingerprint density at radius 2 is 2.12 bits per heavy atom. The minimum atomic E-state index is -0.985. The van der Waals surface area contributed by atoms with Gasteiger partial charge < -0.3 is 10.2 Å². The van der Waals surface area contributed by atoms with Crippen LogP contribution in [0.5, 0.6) is 0 Å². The van der Waals surface area contributed by atoms with Crippen LogP contribution in [-0.2, 0) is 7.05 Å². The Balaban J connectivity index is 2.11. The number of nitrogens with zero attached hydrogens (tertiary/aromatic N) is 2. The molecule has 1 aromatic heterocycles. The lowest BCUT2D eigenvalue weighted by atomic mass is 9.76. The highest BCUT2D eigenvalue weighted by molar-refractivity contribution is 5.09. The summed E-state index contributed by atoms with van der Waals surface area (Å²) in [7, 11) is 1.81. The Bertz CT molecular complexity index is 354. The number of rotatable bonds is 2. The maximum atomic E-state index is 10.4. The molecule has 2 rings (SSSR count). The van der Waals surface area contributed by atoms with E-state index in [0.29, 0.717) is 24.5 Å². The van der Waals surface area contributed by atoms with Crippen molar-refractivity contribution >= 4 is 0 Å². The quantitative estimate of drug-likeness (QED) is 0.798. The molecule has 1 aromatic rings. The highest BCUT2D eigenvalue weighted by Gasteiger charge is 2.40. The summed E-state index contributed by atoms with van der Waals surface area (Å²) < 4.78 is 1.65.